The molecular formula is C10H26N4Si. The number of likely N-dealkylation sites (N-methyl/N-ethyl adjacent to an activating group) is 3. The highest BCUT2D eigenvalue weighted by molar-refractivity contribution is 6.04. The first-order chi connectivity index (χ1) is 7.20. The summed E-state index contributed by atoms with van der Waals surface area (Å²) in [5.74, 6) is -0.0866. The molecule has 0 bridgehead atoms. The van der Waals surface area contributed by atoms with Crippen LogP contribution in [0.25, 0.3) is 0 Å². The first-order valence-corrected chi connectivity index (χ1v) is 6.95. The molecule has 3 N–H and O–H groups in total. The minimum absolute atomic E-state index is 0.0866. The maximum atomic E-state index is 3.42. The second-order valence-electron chi connectivity index (χ2n) is 4.44. The van der Waals surface area contributed by atoms with Gasteiger partial charge in [-0.25, -0.2) is 0 Å². The van der Waals surface area contributed by atoms with E-state index in [2.05, 4.69) is 27.6 Å². The minimum atomic E-state index is -0.0866. The van der Waals surface area contributed by atoms with Gasteiger partial charge in [0, 0.05) is 12.6 Å². The van der Waals surface area contributed by atoms with E-state index in [1.165, 1.54) is 25.7 Å². The van der Waals surface area contributed by atoms with Gasteiger partial charge in [0.15, 0.2) is 0 Å². The maximum absolute atomic E-state index is 3.42. The molecule has 1 aliphatic rings. The summed E-state index contributed by atoms with van der Waals surface area (Å²) in [6.07, 6.45) is 5.44. The molecule has 0 radical (unpaired) electrons. The van der Waals surface area contributed by atoms with E-state index in [1.54, 1.807) is 0 Å². The van der Waals surface area contributed by atoms with E-state index >= 15 is 0 Å². The number of rotatable bonds is 6. The van der Waals surface area contributed by atoms with Gasteiger partial charge in [-0.1, -0.05) is 12.8 Å². The lowest BCUT2D eigenvalue weighted by atomic mass is 10.1. The van der Waals surface area contributed by atoms with E-state index in [4.69, 9.17) is 0 Å². The van der Waals surface area contributed by atoms with Gasteiger partial charge in [-0.3, -0.25) is 15.5 Å². The number of hydrogen-bond acceptors (Lipinski definition) is 4. The molecule has 0 heterocycles. The van der Waals surface area contributed by atoms with Crippen LogP contribution < -0.4 is 15.6 Å². The zero-order valence-electron chi connectivity index (χ0n) is 10.6. The SMILES string of the molecule is CNC(CN[SiH3])(NC)N(C)C1CCCC1. The molecule has 0 aliphatic heterocycles. The van der Waals surface area contributed by atoms with Crippen LogP contribution in [0.4, 0.5) is 0 Å². The van der Waals surface area contributed by atoms with Gasteiger partial charge in [-0.05, 0) is 34.0 Å². The molecule has 1 aliphatic carbocycles. The highest BCUT2D eigenvalue weighted by Crippen LogP contribution is 2.25. The molecule has 1 saturated carbocycles. The van der Waals surface area contributed by atoms with Gasteiger partial charge >= 0.3 is 0 Å². The number of hydrogen-bond donors (Lipinski definition) is 3. The lowest BCUT2D eigenvalue weighted by Gasteiger charge is -2.44. The van der Waals surface area contributed by atoms with Gasteiger partial charge in [0.1, 0.15) is 5.79 Å². The second kappa shape index (κ2) is 5.96. The van der Waals surface area contributed by atoms with Crippen LogP contribution in [0.15, 0.2) is 0 Å². The lowest BCUT2D eigenvalue weighted by Crippen LogP contribution is -2.70. The van der Waals surface area contributed by atoms with E-state index in [0.29, 0.717) is 0 Å². The van der Waals surface area contributed by atoms with Gasteiger partial charge in [-0.15, -0.1) is 0 Å². The Hall–Kier alpha value is 0.0569. The predicted octanol–water partition coefficient (Wildman–Crippen LogP) is -1.18. The fourth-order valence-corrected chi connectivity index (χ4v) is 3.15. The summed E-state index contributed by atoms with van der Waals surface area (Å²) in [6.45, 7) is 0.958. The van der Waals surface area contributed by atoms with Crippen molar-refractivity contribution in [3.8, 4) is 0 Å². The van der Waals surface area contributed by atoms with Crippen molar-refractivity contribution >= 4 is 10.4 Å². The Labute approximate surface area is 96.7 Å². The molecule has 1 fully saturated rings. The van der Waals surface area contributed by atoms with E-state index in [0.717, 1.165) is 23.0 Å². The van der Waals surface area contributed by atoms with Crippen molar-refractivity contribution in [1.82, 2.24) is 20.5 Å². The van der Waals surface area contributed by atoms with Gasteiger partial charge < -0.3 is 4.98 Å². The van der Waals surface area contributed by atoms with Crippen LogP contribution in [-0.4, -0.2) is 54.8 Å². The first kappa shape index (κ1) is 13.1. The van der Waals surface area contributed by atoms with Crippen LogP contribution in [0.2, 0.25) is 0 Å². The lowest BCUT2D eigenvalue weighted by molar-refractivity contribution is 0.0287. The van der Waals surface area contributed by atoms with Gasteiger partial charge in [-0.2, -0.15) is 0 Å². The molecule has 90 valence electrons. The molecule has 0 aromatic rings. The third kappa shape index (κ3) is 2.79. The van der Waals surface area contributed by atoms with Crippen LogP contribution in [0.1, 0.15) is 25.7 Å². The summed E-state index contributed by atoms with van der Waals surface area (Å²) in [5, 5.41) is 6.83. The number of nitrogens with zero attached hydrogens (tertiary/aromatic N) is 1. The molecule has 5 heteroatoms. The van der Waals surface area contributed by atoms with E-state index in [9.17, 15) is 0 Å². The highest BCUT2D eigenvalue weighted by Gasteiger charge is 2.35. The first-order valence-electron chi connectivity index (χ1n) is 5.95. The molecule has 0 aromatic heterocycles. The summed E-state index contributed by atoms with van der Waals surface area (Å²) in [7, 11) is 7.31. The molecule has 1 rings (SSSR count). The van der Waals surface area contributed by atoms with Crippen molar-refractivity contribution in [1.29, 1.82) is 0 Å². The van der Waals surface area contributed by atoms with Crippen molar-refractivity contribution in [3.05, 3.63) is 0 Å². The summed E-state index contributed by atoms with van der Waals surface area (Å²) in [5.41, 5.74) is 0. The van der Waals surface area contributed by atoms with Crippen LogP contribution in [0.3, 0.4) is 0 Å². The molecule has 15 heavy (non-hydrogen) atoms. The molecule has 0 unspecified atom stereocenters. The molecule has 0 amide bonds. The van der Waals surface area contributed by atoms with Crippen molar-refractivity contribution in [3.63, 3.8) is 0 Å². The van der Waals surface area contributed by atoms with E-state index in [-0.39, 0.29) is 5.79 Å². The Balaban J connectivity index is 2.67. The summed E-state index contributed by atoms with van der Waals surface area (Å²) < 4.78 is 0. The highest BCUT2D eigenvalue weighted by atomic mass is 28.2. The summed E-state index contributed by atoms with van der Waals surface area (Å²) in [6, 6.07) is 0.722. The predicted molar refractivity (Wildman–Crippen MR) is 68.8 cm³/mol. The largest absolute Gasteiger partial charge is 0.341 e. The van der Waals surface area contributed by atoms with Crippen molar-refractivity contribution < 1.29 is 0 Å². The van der Waals surface area contributed by atoms with Crippen molar-refractivity contribution in [2.75, 3.05) is 27.7 Å². The third-order valence-electron chi connectivity index (χ3n) is 3.73. The Bertz CT molecular complexity index is 178. The Morgan fingerprint density at radius 2 is 1.80 bits per heavy atom. The molecular weight excluding hydrogens is 204 g/mol. The molecule has 0 spiro atoms. The van der Waals surface area contributed by atoms with Gasteiger partial charge in [0.05, 0.1) is 10.4 Å². The summed E-state index contributed by atoms with van der Waals surface area (Å²) >= 11 is 0. The van der Waals surface area contributed by atoms with E-state index in [1.807, 2.05) is 14.1 Å². The fourth-order valence-electron chi connectivity index (χ4n) is 2.64. The monoisotopic (exact) mass is 230 g/mol. The van der Waals surface area contributed by atoms with E-state index < -0.39 is 0 Å². The average molecular weight is 230 g/mol. The Morgan fingerprint density at radius 3 is 2.20 bits per heavy atom. The number of nitrogens with one attached hydrogen (secondary N) is 3. The van der Waals surface area contributed by atoms with Crippen molar-refractivity contribution in [2.45, 2.75) is 37.5 Å². The average Bonchev–Trinajstić information content (AvgIpc) is 2.78. The van der Waals surface area contributed by atoms with Crippen LogP contribution in [0.5, 0.6) is 0 Å². The van der Waals surface area contributed by atoms with Crippen LogP contribution in [-0.2, 0) is 0 Å². The Morgan fingerprint density at radius 1 is 1.27 bits per heavy atom. The molecule has 0 aromatic carbocycles. The smallest absolute Gasteiger partial charge is 0.137 e. The maximum Gasteiger partial charge on any atom is 0.137 e. The fraction of sp³-hybridized carbons (Fsp3) is 1.00. The van der Waals surface area contributed by atoms with Crippen molar-refractivity contribution in [2.24, 2.45) is 0 Å². The normalized spacial score (nSPS) is 19.2. The minimum Gasteiger partial charge on any atom is -0.341 e. The quantitative estimate of drug-likeness (QED) is 0.397. The Kier molecular flexibility index (Phi) is 5.21. The van der Waals surface area contributed by atoms with Crippen LogP contribution in [0, 0.1) is 0 Å². The summed E-state index contributed by atoms with van der Waals surface area (Å²) in [4.78, 5) is 5.85. The molecule has 4 nitrogen and oxygen atoms in total. The zero-order valence-corrected chi connectivity index (χ0v) is 12.6. The zero-order chi connectivity index (χ0) is 11.3. The van der Waals surface area contributed by atoms with Gasteiger partial charge in [0.2, 0.25) is 0 Å². The second-order valence-corrected chi connectivity index (χ2v) is 5.15. The molecule has 0 atom stereocenters. The van der Waals surface area contributed by atoms with Gasteiger partial charge in [0.25, 0.3) is 0 Å². The molecule has 0 saturated heterocycles. The topological polar surface area (TPSA) is 39.3 Å². The van der Waals surface area contributed by atoms with Crippen LogP contribution >= 0.6 is 0 Å². The standard InChI is InChI=1S/C10H26N4Si/c1-11-10(12-2,8-13-15)14(3)9-6-4-5-7-9/h9,11-13H,4-8H2,1-3,15H3. The third-order valence-corrected chi connectivity index (χ3v) is 4.09.